The number of hydrogen-bond acceptors (Lipinski definition) is 4. The number of halogens is 3. The predicted octanol–water partition coefficient (Wildman–Crippen LogP) is 8.13. The van der Waals surface area contributed by atoms with Crippen LogP contribution in [0, 0.1) is 19.8 Å². The van der Waals surface area contributed by atoms with Crippen LogP contribution in [0.2, 0.25) is 0 Å². The zero-order valence-electron chi connectivity index (χ0n) is 23.1. The van der Waals surface area contributed by atoms with Crippen LogP contribution in [-0.4, -0.2) is 28.6 Å². The molecule has 3 aromatic rings. The third-order valence-electron chi connectivity index (χ3n) is 8.74. The van der Waals surface area contributed by atoms with Gasteiger partial charge in [-0.15, -0.1) is 0 Å². The van der Waals surface area contributed by atoms with Crippen molar-refractivity contribution in [3.8, 4) is 16.9 Å². The number of ether oxygens (including phenoxy) is 2. The molecule has 0 bridgehead atoms. The minimum atomic E-state index is -4.48. The molecular formula is C32H33F3N2O3. The van der Waals surface area contributed by atoms with Gasteiger partial charge in [-0.05, 0) is 92.8 Å². The number of methoxy groups -OCH3 is 1. The van der Waals surface area contributed by atoms with Gasteiger partial charge in [0.15, 0.2) is 6.10 Å². The van der Waals surface area contributed by atoms with Crippen LogP contribution in [-0.2, 0) is 17.5 Å². The number of aromatic nitrogens is 1. The topological polar surface area (TPSA) is 51.7 Å². The molecule has 40 heavy (non-hydrogen) atoms. The molecule has 1 aromatic heterocycles. The standard InChI is InChI=1S/C32H33F3N2O3/c1-18-11-22(12-18)21-6-8-28(39-4)26(16-21)25-7-5-20(3)36-27(25)17-37-30(38)40-29(31(37)9-10-31)23-13-19(2)14-24(15-23)32(33,34)35/h5-8,13-16,18,22,29H,9-12,17H2,1-4H3/t18?,22?,29-/m1/s1. The highest BCUT2D eigenvalue weighted by atomic mass is 19.4. The van der Waals surface area contributed by atoms with Crippen LogP contribution in [0.4, 0.5) is 18.0 Å². The summed E-state index contributed by atoms with van der Waals surface area (Å²) in [6.45, 7) is 5.99. The fourth-order valence-electron chi connectivity index (χ4n) is 6.48. The third kappa shape index (κ3) is 4.61. The number of nitrogens with zero attached hydrogens (tertiary/aromatic N) is 2. The molecule has 2 saturated carbocycles. The number of pyridine rings is 1. The van der Waals surface area contributed by atoms with Crippen molar-refractivity contribution in [1.82, 2.24) is 9.88 Å². The predicted molar refractivity (Wildman–Crippen MR) is 145 cm³/mol. The summed E-state index contributed by atoms with van der Waals surface area (Å²) in [4.78, 5) is 19.8. The van der Waals surface area contributed by atoms with Gasteiger partial charge in [0.1, 0.15) is 5.75 Å². The molecule has 2 aliphatic carbocycles. The van der Waals surface area contributed by atoms with Gasteiger partial charge in [-0.25, -0.2) is 4.79 Å². The summed E-state index contributed by atoms with van der Waals surface area (Å²) in [5.41, 5.74) is 4.01. The van der Waals surface area contributed by atoms with E-state index >= 15 is 0 Å². The number of amides is 1. The molecular weight excluding hydrogens is 517 g/mol. The highest BCUT2D eigenvalue weighted by molar-refractivity contribution is 5.76. The zero-order chi connectivity index (χ0) is 28.4. The Bertz CT molecular complexity index is 1470. The van der Waals surface area contributed by atoms with Crippen LogP contribution < -0.4 is 4.74 Å². The molecule has 1 spiro atoms. The van der Waals surface area contributed by atoms with E-state index in [4.69, 9.17) is 14.5 Å². The minimum Gasteiger partial charge on any atom is -0.496 e. The molecule has 1 saturated heterocycles. The lowest BCUT2D eigenvalue weighted by atomic mass is 9.72. The van der Waals surface area contributed by atoms with Crippen molar-refractivity contribution in [2.75, 3.05) is 7.11 Å². The first-order valence-corrected chi connectivity index (χ1v) is 13.8. The molecule has 210 valence electrons. The summed E-state index contributed by atoms with van der Waals surface area (Å²) in [6, 6.07) is 14.2. The quantitative estimate of drug-likeness (QED) is 0.311. The Balaban J connectivity index is 1.36. The van der Waals surface area contributed by atoms with Crippen LogP contribution in [0.25, 0.3) is 11.1 Å². The molecule has 3 fully saturated rings. The van der Waals surface area contributed by atoms with Gasteiger partial charge in [0.2, 0.25) is 0 Å². The second kappa shape index (κ2) is 9.53. The fourth-order valence-corrected chi connectivity index (χ4v) is 6.48. The average Bonchev–Trinajstić information content (AvgIpc) is 3.63. The normalized spacial score (nSPS) is 23.2. The summed E-state index contributed by atoms with van der Waals surface area (Å²) in [7, 11) is 1.64. The van der Waals surface area contributed by atoms with E-state index < -0.39 is 29.5 Å². The van der Waals surface area contributed by atoms with Crippen molar-refractivity contribution >= 4 is 6.09 Å². The number of alkyl halides is 3. The van der Waals surface area contributed by atoms with Gasteiger partial charge in [0.25, 0.3) is 0 Å². The molecule has 3 aliphatic rings. The van der Waals surface area contributed by atoms with Gasteiger partial charge in [0.05, 0.1) is 30.5 Å². The number of carbonyl (C=O) groups is 1. The number of hydrogen-bond donors (Lipinski definition) is 0. The van der Waals surface area contributed by atoms with E-state index in [2.05, 4.69) is 19.1 Å². The summed E-state index contributed by atoms with van der Waals surface area (Å²) >= 11 is 0. The fraction of sp³-hybridized carbons (Fsp3) is 0.438. The Morgan fingerprint density at radius 1 is 1.02 bits per heavy atom. The lowest BCUT2D eigenvalue weighted by Gasteiger charge is -2.33. The maximum Gasteiger partial charge on any atom is 0.416 e. The second-order valence-electron chi connectivity index (χ2n) is 11.8. The van der Waals surface area contributed by atoms with Gasteiger partial charge in [-0.3, -0.25) is 9.88 Å². The molecule has 5 nitrogen and oxygen atoms in total. The van der Waals surface area contributed by atoms with Gasteiger partial charge < -0.3 is 9.47 Å². The van der Waals surface area contributed by atoms with E-state index in [9.17, 15) is 18.0 Å². The maximum atomic E-state index is 13.6. The molecule has 6 rings (SSSR count). The average molecular weight is 551 g/mol. The maximum absolute atomic E-state index is 13.6. The first-order valence-electron chi connectivity index (χ1n) is 13.8. The number of benzene rings is 2. The molecule has 0 unspecified atom stereocenters. The molecule has 1 amide bonds. The highest BCUT2D eigenvalue weighted by Crippen LogP contribution is 2.58. The summed E-state index contributed by atoms with van der Waals surface area (Å²) in [5.74, 6) is 1.96. The van der Waals surface area contributed by atoms with Crippen molar-refractivity contribution in [2.45, 2.75) is 76.7 Å². The summed E-state index contributed by atoms with van der Waals surface area (Å²) < 4.78 is 52.3. The molecule has 0 radical (unpaired) electrons. The highest BCUT2D eigenvalue weighted by Gasteiger charge is 2.63. The lowest BCUT2D eigenvalue weighted by molar-refractivity contribution is -0.137. The molecule has 2 aromatic carbocycles. The van der Waals surface area contributed by atoms with Gasteiger partial charge >= 0.3 is 12.3 Å². The van der Waals surface area contributed by atoms with E-state index in [-0.39, 0.29) is 6.54 Å². The molecule has 0 N–H and O–H groups in total. The lowest BCUT2D eigenvalue weighted by Crippen LogP contribution is -2.36. The van der Waals surface area contributed by atoms with Crippen molar-refractivity contribution in [3.05, 3.63) is 82.2 Å². The van der Waals surface area contributed by atoms with Crippen LogP contribution in [0.1, 0.15) is 78.3 Å². The number of aryl methyl sites for hydroxylation is 2. The number of carbonyl (C=O) groups excluding carboxylic acids is 1. The molecule has 2 heterocycles. The first kappa shape index (κ1) is 26.7. The number of rotatable bonds is 6. The Hall–Kier alpha value is -3.55. The van der Waals surface area contributed by atoms with Crippen molar-refractivity contribution in [1.29, 1.82) is 0 Å². The third-order valence-corrected chi connectivity index (χ3v) is 8.74. The van der Waals surface area contributed by atoms with E-state index in [1.54, 1.807) is 25.0 Å². The van der Waals surface area contributed by atoms with Crippen molar-refractivity contribution in [3.63, 3.8) is 0 Å². The number of cyclic esters (lactones) is 1. The SMILES string of the molecule is COc1ccc(C2CC(C)C2)cc1-c1ccc(C)nc1CN1C(=O)O[C@H](c2cc(C)cc(C(F)(F)F)c2)C12CC2. The van der Waals surface area contributed by atoms with E-state index in [1.807, 2.05) is 25.1 Å². The van der Waals surface area contributed by atoms with Crippen molar-refractivity contribution < 1.29 is 27.4 Å². The van der Waals surface area contributed by atoms with Crippen LogP contribution in [0.3, 0.4) is 0 Å². The Morgan fingerprint density at radius 3 is 2.42 bits per heavy atom. The Labute approximate surface area is 232 Å². The van der Waals surface area contributed by atoms with Crippen LogP contribution in [0.5, 0.6) is 5.75 Å². The monoisotopic (exact) mass is 550 g/mol. The Morgan fingerprint density at radius 2 is 1.77 bits per heavy atom. The smallest absolute Gasteiger partial charge is 0.416 e. The summed E-state index contributed by atoms with van der Waals surface area (Å²) in [5, 5.41) is 0. The van der Waals surface area contributed by atoms with Gasteiger partial charge in [-0.1, -0.05) is 30.7 Å². The summed E-state index contributed by atoms with van der Waals surface area (Å²) in [6.07, 6.45) is -2.17. The largest absolute Gasteiger partial charge is 0.496 e. The zero-order valence-corrected chi connectivity index (χ0v) is 23.1. The van der Waals surface area contributed by atoms with E-state index in [0.717, 1.165) is 53.5 Å². The van der Waals surface area contributed by atoms with Crippen LogP contribution >= 0.6 is 0 Å². The van der Waals surface area contributed by atoms with Gasteiger partial charge in [-0.2, -0.15) is 13.2 Å². The van der Waals surface area contributed by atoms with E-state index in [0.29, 0.717) is 35.6 Å². The first-order chi connectivity index (χ1) is 19.0. The van der Waals surface area contributed by atoms with Gasteiger partial charge in [0, 0.05) is 16.8 Å². The van der Waals surface area contributed by atoms with E-state index in [1.165, 1.54) is 5.56 Å². The minimum absolute atomic E-state index is 0.193. The van der Waals surface area contributed by atoms with Crippen molar-refractivity contribution in [2.24, 2.45) is 5.92 Å². The molecule has 1 atom stereocenters. The molecule has 8 heteroatoms. The second-order valence-corrected chi connectivity index (χ2v) is 11.8. The Kier molecular flexibility index (Phi) is 6.35. The molecule has 1 aliphatic heterocycles. The van der Waals surface area contributed by atoms with Crippen LogP contribution in [0.15, 0.2) is 48.5 Å².